The summed E-state index contributed by atoms with van der Waals surface area (Å²) in [5, 5.41) is 6.95. The highest BCUT2D eigenvalue weighted by molar-refractivity contribution is 7.80. The van der Waals surface area contributed by atoms with Crippen molar-refractivity contribution in [2.24, 2.45) is 0 Å². The molecule has 0 radical (unpaired) electrons. The first-order valence-corrected chi connectivity index (χ1v) is 19.4. The molecule has 2 heterocycles. The Morgan fingerprint density at radius 3 is 1.04 bits per heavy atom. The van der Waals surface area contributed by atoms with Crippen molar-refractivity contribution in [1.29, 1.82) is 0 Å². The number of rotatable bonds is 11. The molecule has 0 bridgehead atoms. The highest BCUT2D eigenvalue weighted by Gasteiger charge is 2.38. The molecule has 250 valence electrons. The summed E-state index contributed by atoms with van der Waals surface area (Å²) in [4.78, 5) is 0. The maximum atomic E-state index is 6.51. The molecule has 0 fully saturated rings. The monoisotopic (exact) mass is 698 g/mol. The predicted octanol–water partition coefficient (Wildman–Crippen LogP) is 7.12. The van der Waals surface area contributed by atoms with Crippen molar-refractivity contribution in [2.45, 2.75) is 13.8 Å². The van der Waals surface area contributed by atoms with Gasteiger partial charge in [-0.05, 0) is 63.0 Å². The summed E-state index contributed by atoms with van der Waals surface area (Å²) < 4.78 is 38.0. The van der Waals surface area contributed by atoms with Gasteiger partial charge in [-0.15, -0.1) is 0 Å². The highest BCUT2D eigenvalue weighted by Crippen LogP contribution is 2.57. The van der Waals surface area contributed by atoms with E-state index in [0.717, 1.165) is 21.7 Å². The van der Waals surface area contributed by atoms with Crippen LogP contribution in [0.5, 0.6) is 34.5 Å². The first-order valence-electron chi connectivity index (χ1n) is 16.8. The van der Waals surface area contributed by atoms with Gasteiger partial charge in [-0.1, -0.05) is 121 Å². The molecular formula is C42H36O6P2. The molecule has 50 heavy (non-hydrogen) atoms. The van der Waals surface area contributed by atoms with Gasteiger partial charge >= 0.3 is 0 Å². The van der Waals surface area contributed by atoms with Crippen molar-refractivity contribution in [1.82, 2.24) is 0 Å². The molecule has 0 unspecified atom stereocenters. The second kappa shape index (κ2) is 14.5. The molecule has 0 atom stereocenters. The minimum atomic E-state index is -1.12. The fourth-order valence-electron chi connectivity index (χ4n) is 6.57. The quantitative estimate of drug-likeness (QED) is 0.134. The average molecular weight is 699 g/mol. The van der Waals surface area contributed by atoms with E-state index >= 15 is 0 Å². The van der Waals surface area contributed by atoms with Crippen LogP contribution >= 0.6 is 15.8 Å². The van der Waals surface area contributed by atoms with E-state index in [1.54, 1.807) is 0 Å². The van der Waals surface area contributed by atoms with E-state index in [-0.39, 0.29) is 13.6 Å². The number of ether oxygens (including phenoxy) is 6. The van der Waals surface area contributed by atoms with Crippen LogP contribution in [0.1, 0.15) is 13.8 Å². The van der Waals surface area contributed by atoms with E-state index < -0.39 is 15.8 Å². The summed E-state index contributed by atoms with van der Waals surface area (Å²) in [6.07, 6.45) is 0. The van der Waals surface area contributed by atoms with Gasteiger partial charge in [0.25, 0.3) is 0 Å². The second-order valence-electron chi connectivity index (χ2n) is 11.5. The van der Waals surface area contributed by atoms with E-state index in [4.69, 9.17) is 28.4 Å². The van der Waals surface area contributed by atoms with Crippen LogP contribution in [0.25, 0.3) is 11.1 Å². The third-order valence-corrected chi connectivity index (χ3v) is 13.5. The average Bonchev–Trinajstić information content (AvgIpc) is 3.86. The molecular weight excluding hydrogens is 662 g/mol. The van der Waals surface area contributed by atoms with Crippen LogP contribution in [0.15, 0.2) is 133 Å². The zero-order chi connectivity index (χ0) is 33.9. The fraction of sp³-hybridized carbons (Fsp3) is 0.143. The standard InChI is InChI=1S/C42H36O6P2/c1-3-43-33-25-35(49(29-17-9-5-10-18-29)30-19-11-6-12-20-30)37(41-39(33)45-27-47-41)38-36(26-34(44-4-2)40-42(38)48-28-46-40)50(31-21-13-7-14-22-31)32-23-15-8-16-24-32/h5-26H,3-4,27-28H2,1-2H3. The Bertz CT molecular complexity index is 1860. The first-order chi connectivity index (χ1) is 24.8. The summed E-state index contributed by atoms with van der Waals surface area (Å²) in [5.41, 5.74) is 1.83. The Labute approximate surface area is 295 Å². The lowest BCUT2D eigenvalue weighted by Gasteiger charge is -2.28. The predicted molar refractivity (Wildman–Crippen MR) is 204 cm³/mol. The Kier molecular flexibility index (Phi) is 9.31. The van der Waals surface area contributed by atoms with E-state index in [2.05, 4.69) is 133 Å². The fourth-order valence-corrected chi connectivity index (χ4v) is 11.5. The minimum absolute atomic E-state index is 0.0818. The second-order valence-corrected chi connectivity index (χ2v) is 15.9. The normalized spacial score (nSPS) is 12.8. The lowest BCUT2D eigenvalue weighted by atomic mass is 10.0. The lowest BCUT2D eigenvalue weighted by molar-refractivity contribution is 0.169. The summed E-state index contributed by atoms with van der Waals surface area (Å²) in [6, 6.07) is 47.0. The van der Waals surface area contributed by atoms with Crippen LogP contribution in [0.2, 0.25) is 0 Å². The van der Waals surface area contributed by atoms with E-state index in [1.165, 1.54) is 21.2 Å². The van der Waals surface area contributed by atoms with Crippen molar-refractivity contribution in [3.05, 3.63) is 133 Å². The molecule has 0 N–H and O–H groups in total. The summed E-state index contributed by atoms with van der Waals surface area (Å²) in [7, 11) is -2.24. The molecule has 0 aliphatic carbocycles. The lowest BCUT2D eigenvalue weighted by Crippen LogP contribution is -2.26. The van der Waals surface area contributed by atoms with Gasteiger partial charge in [-0.25, -0.2) is 0 Å². The van der Waals surface area contributed by atoms with Crippen molar-refractivity contribution < 1.29 is 28.4 Å². The molecule has 8 rings (SSSR count). The van der Waals surface area contributed by atoms with Gasteiger partial charge in [-0.3, -0.25) is 0 Å². The maximum absolute atomic E-state index is 6.51. The molecule has 0 spiro atoms. The highest BCUT2D eigenvalue weighted by atomic mass is 31.1. The Morgan fingerprint density at radius 2 is 0.740 bits per heavy atom. The smallest absolute Gasteiger partial charge is 0.231 e. The van der Waals surface area contributed by atoms with Crippen molar-refractivity contribution in [3.63, 3.8) is 0 Å². The number of benzene rings is 6. The zero-order valence-corrected chi connectivity index (χ0v) is 29.7. The molecule has 0 saturated heterocycles. The number of hydrogen-bond acceptors (Lipinski definition) is 6. The zero-order valence-electron chi connectivity index (χ0n) is 27.9. The van der Waals surface area contributed by atoms with E-state index in [9.17, 15) is 0 Å². The molecule has 2 aliphatic rings. The van der Waals surface area contributed by atoms with Gasteiger partial charge in [0, 0.05) is 21.7 Å². The van der Waals surface area contributed by atoms with Crippen LogP contribution in [0.4, 0.5) is 0 Å². The van der Waals surface area contributed by atoms with E-state index in [0.29, 0.717) is 47.7 Å². The molecule has 6 nitrogen and oxygen atoms in total. The van der Waals surface area contributed by atoms with Crippen LogP contribution in [0, 0.1) is 0 Å². The van der Waals surface area contributed by atoms with E-state index in [1.807, 2.05) is 13.8 Å². The van der Waals surface area contributed by atoms with Crippen LogP contribution in [-0.2, 0) is 0 Å². The molecule has 0 amide bonds. The van der Waals surface area contributed by atoms with Gasteiger partial charge in [0.05, 0.1) is 13.2 Å². The SMILES string of the molecule is CCOc1cc(P(c2ccccc2)c2ccccc2)c(-c2c(P(c3ccccc3)c3ccccc3)cc(OCC)c3c2OCO3)c2c1OCO2. The van der Waals surface area contributed by atoms with Crippen molar-refractivity contribution >= 4 is 47.7 Å². The largest absolute Gasteiger partial charge is 0.490 e. The third kappa shape index (κ3) is 5.93. The van der Waals surface area contributed by atoms with Crippen molar-refractivity contribution in [3.8, 4) is 45.6 Å². The number of hydrogen-bond donors (Lipinski definition) is 0. The van der Waals surface area contributed by atoms with Crippen molar-refractivity contribution in [2.75, 3.05) is 26.8 Å². The topological polar surface area (TPSA) is 55.4 Å². The van der Waals surface area contributed by atoms with Gasteiger partial charge < -0.3 is 28.4 Å². The molecule has 0 saturated carbocycles. The molecule has 0 aromatic heterocycles. The van der Waals surface area contributed by atoms with Gasteiger partial charge in [-0.2, -0.15) is 0 Å². The van der Waals surface area contributed by atoms with Crippen LogP contribution < -0.4 is 60.2 Å². The molecule has 2 aliphatic heterocycles. The summed E-state index contributed by atoms with van der Waals surface area (Å²) >= 11 is 0. The molecule has 6 aromatic carbocycles. The Balaban J connectivity index is 1.52. The maximum Gasteiger partial charge on any atom is 0.231 e. The van der Waals surface area contributed by atoms with Gasteiger partial charge in [0.2, 0.25) is 25.1 Å². The first kappa shape index (κ1) is 32.2. The Morgan fingerprint density at radius 1 is 0.440 bits per heavy atom. The van der Waals surface area contributed by atoms with Crippen LogP contribution in [-0.4, -0.2) is 26.8 Å². The molecule has 8 heteroatoms. The van der Waals surface area contributed by atoms with Gasteiger partial charge in [0.15, 0.2) is 23.0 Å². The Hall–Kier alpha value is -5.02. The number of fused-ring (bicyclic) bond motifs is 2. The molecule has 6 aromatic rings. The van der Waals surface area contributed by atoms with Crippen LogP contribution in [0.3, 0.4) is 0 Å². The summed E-state index contributed by atoms with van der Waals surface area (Å²) in [6.45, 7) is 5.11. The summed E-state index contributed by atoms with van der Waals surface area (Å²) in [5.74, 6) is 3.80. The minimum Gasteiger partial charge on any atom is -0.490 e. The van der Waals surface area contributed by atoms with Gasteiger partial charge in [0.1, 0.15) is 0 Å². The third-order valence-electron chi connectivity index (χ3n) is 8.56.